The maximum Gasteiger partial charge on any atom is 0.371 e. The molecule has 21 heavy (non-hydrogen) atoms. The van der Waals surface area contributed by atoms with Crippen LogP contribution in [0.2, 0.25) is 0 Å². The average Bonchev–Trinajstić information content (AvgIpc) is 3.11. The van der Waals surface area contributed by atoms with Crippen molar-refractivity contribution in [2.45, 2.75) is 19.6 Å². The molecule has 0 unspecified atom stereocenters. The van der Waals surface area contributed by atoms with Crippen LogP contribution in [0.15, 0.2) is 40.8 Å². The number of rotatable bonds is 3. The highest BCUT2D eigenvalue weighted by Crippen LogP contribution is 2.22. The molecule has 1 aromatic heterocycles. The second kappa shape index (κ2) is 5.32. The molecule has 1 aliphatic rings. The number of nitrogens with zero attached hydrogens (tertiary/aromatic N) is 1. The Morgan fingerprint density at radius 2 is 1.81 bits per heavy atom. The lowest BCUT2D eigenvalue weighted by Gasteiger charge is -2.15. The molecule has 2 amide bonds. The molecule has 0 bridgehead atoms. The van der Waals surface area contributed by atoms with E-state index in [1.807, 2.05) is 24.3 Å². The van der Waals surface area contributed by atoms with Crippen LogP contribution >= 0.6 is 0 Å². The molecule has 1 aliphatic heterocycles. The molecule has 1 aromatic carbocycles. The van der Waals surface area contributed by atoms with E-state index in [9.17, 15) is 9.59 Å². The van der Waals surface area contributed by atoms with Gasteiger partial charge in [0.2, 0.25) is 5.76 Å². The van der Waals surface area contributed by atoms with E-state index in [1.54, 1.807) is 11.0 Å². The molecule has 0 fully saturated rings. The summed E-state index contributed by atoms with van der Waals surface area (Å²) >= 11 is 0. The smallest absolute Gasteiger partial charge is 0.371 e. The van der Waals surface area contributed by atoms with Crippen LogP contribution in [0, 0.1) is 0 Å². The highest BCUT2D eigenvalue weighted by Gasteiger charge is 2.22. The lowest BCUT2D eigenvalue weighted by molar-refractivity contribution is 0.0660. The lowest BCUT2D eigenvalue weighted by Crippen LogP contribution is -2.35. The molecular formula is C15H14N2O4. The highest BCUT2D eigenvalue weighted by atomic mass is 16.4. The quantitative estimate of drug-likeness (QED) is 0.906. The third kappa shape index (κ3) is 2.74. The Bertz CT molecular complexity index is 667. The summed E-state index contributed by atoms with van der Waals surface area (Å²) in [4.78, 5) is 24.5. The molecule has 6 heteroatoms. The van der Waals surface area contributed by atoms with Crippen molar-refractivity contribution in [2.24, 2.45) is 0 Å². The van der Waals surface area contributed by atoms with Crippen LogP contribution in [0.3, 0.4) is 0 Å². The zero-order valence-electron chi connectivity index (χ0n) is 11.2. The summed E-state index contributed by atoms with van der Waals surface area (Å²) in [5.74, 6) is -0.840. The Kier molecular flexibility index (Phi) is 3.35. The molecule has 0 atom stereocenters. The monoisotopic (exact) mass is 286 g/mol. The molecule has 0 spiro atoms. The van der Waals surface area contributed by atoms with Crippen molar-refractivity contribution in [1.29, 1.82) is 0 Å². The van der Waals surface area contributed by atoms with E-state index in [1.165, 1.54) is 6.07 Å². The number of hydrogen-bond acceptors (Lipinski definition) is 3. The highest BCUT2D eigenvalue weighted by molar-refractivity contribution is 5.84. The second-order valence-electron chi connectivity index (χ2n) is 4.85. The van der Waals surface area contributed by atoms with Crippen molar-refractivity contribution in [3.63, 3.8) is 0 Å². The summed E-state index contributed by atoms with van der Waals surface area (Å²) in [6, 6.07) is 10.6. The van der Waals surface area contributed by atoms with Gasteiger partial charge in [0.1, 0.15) is 5.76 Å². The fourth-order valence-electron chi connectivity index (χ4n) is 2.34. The van der Waals surface area contributed by atoms with Crippen LogP contribution in [-0.4, -0.2) is 22.0 Å². The zero-order chi connectivity index (χ0) is 14.8. The predicted molar refractivity (Wildman–Crippen MR) is 73.6 cm³/mol. The largest absolute Gasteiger partial charge is 0.475 e. The van der Waals surface area contributed by atoms with Crippen LogP contribution in [-0.2, 0) is 19.6 Å². The minimum absolute atomic E-state index is 0.132. The number of amides is 2. The van der Waals surface area contributed by atoms with E-state index >= 15 is 0 Å². The summed E-state index contributed by atoms with van der Waals surface area (Å²) < 4.78 is 5.09. The first-order chi connectivity index (χ1) is 10.1. The van der Waals surface area contributed by atoms with Crippen molar-refractivity contribution in [3.05, 3.63) is 59.0 Å². The van der Waals surface area contributed by atoms with Crippen molar-refractivity contribution in [2.75, 3.05) is 0 Å². The van der Waals surface area contributed by atoms with Gasteiger partial charge in [-0.25, -0.2) is 9.59 Å². The maximum atomic E-state index is 12.1. The van der Waals surface area contributed by atoms with Crippen molar-refractivity contribution >= 4 is 12.0 Å². The molecule has 6 nitrogen and oxygen atoms in total. The minimum atomic E-state index is -1.12. The Labute approximate surface area is 121 Å². The average molecular weight is 286 g/mol. The molecule has 108 valence electrons. The van der Waals surface area contributed by atoms with Gasteiger partial charge in [0.25, 0.3) is 0 Å². The van der Waals surface area contributed by atoms with E-state index in [0.717, 1.165) is 11.1 Å². The van der Waals surface area contributed by atoms with Gasteiger partial charge in [-0.1, -0.05) is 24.3 Å². The Balaban J connectivity index is 1.57. The molecule has 2 heterocycles. The van der Waals surface area contributed by atoms with E-state index < -0.39 is 5.97 Å². The van der Waals surface area contributed by atoms with Crippen molar-refractivity contribution in [3.8, 4) is 0 Å². The maximum absolute atomic E-state index is 12.1. The van der Waals surface area contributed by atoms with Gasteiger partial charge < -0.3 is 19.7 Å². The number of carboxylic acid groups (broad SMARTS) is 1. The van der Waals surface area contributed by atoms with Gasteiger partial charge in [0.05, 0.1) is 6.54 Å². The van der Waals surface area contributed by atoms with Crippen LogP contribution in [0.5, 0.6) is 0 Å². The van der Waals surface area contributed by atoms with Gasteiger partial charge in [-0.2, -0.15) is 0 Å². The van der Waals surface area contributed by atoms with Crippen LogP contribution in [0.4, 0.5) is 4.79 Å². The molecule has 0 saturated heterocycles. The molecule has 0 radical (unpaired) electrons. The summed E-state index contributed by atoms with van der Waals surface area (Å²) in [7, 11) is 0. The second-order valence-corrected chi connectivity index (χ2v) is 4.85. The van der Waals surface area contributed by atoms with Crippen molar-refractivity contribution in [1.82, 2.24) is 10.2 Å². The zero-order valence-corrected chi connectivity index (χ0v) is 11.2. The Hall–Kier alpha value is -2.76. The standard InChI is InChI=1S/C15H14N2O4/c18-14(19)13-6-5-12(21-13)7-16-15(20)17-8-10-3-1-2-4-11(10)9-17/h1-6H,7-9H2,(H,16,20)(H,18,19). The van der Waals surface area contributed by atoms with Crippen LogP contribution in [0.1, 0.15) is 27.4 Å². The minimum Gasteiger partial charge on any atom is -0.475 e. The van der Waals surface area contributed by atoms with Crippen LogP contribution in [0.25, 0.3) is 0 Å². The van der Waals surface area contributed by atoms with E-state index in [2.05, 4.69) is 5.32 Å². The molecule has 0 aliphatic carbocycles. The van der Waals surface area contributed by atoms with Gasteiger partial charge in [-0.15, -0.1) is 0 Å². The number of carbonyl (C=O) groups is 2. The predicted octanol–water partition coefficient (Wildman–Crippen LogP) is 2.20. The van der Waals surface area contributed by atoms with Crippen LogP contribution < -0.4 is 5.32 Å². The molecule has 0 saturated carbocycles. The van der Waals surface area contributed by atoms with Gasteiger partial charge in [-0.3, -0.25) is 0 Å². The number of benzene rings is 1. The first-order valence-corrected chi connectivity index (χ1v) is 6.55. The van der Waals surface area contributed by atoms with Gasteiger partial charge in [-0.05, 0) is 23.3 Å². The van der Waals surface area contributed by atoms with E-state index in [4.69, 9.17) is 9.52 Å². The van der Waals surface area contributed by atoms with Crippen molar-refractivity contribution < 1.29 is 19.1 Å². The Morgan fingerprint density at radius 3 is 2.38 bits per heavy atom. The number of carbonyl (C=O) groups excluding carboxylic acids is 1. The topological polar surface area (TPSA) is 82.8 Å². The summed E-state index contributed by atoms with van der Waals surface area (Å²) in [6.07, 6.45) is 0. The fraction of sp³-hybridized carbons (Fsp3) is 0.200. The number of hydrogen-bond donors (Lipinski definition) is 2. The number of aromatic carboxylic acids is 1. The number of fused-ring (bicyclic) bond motifs is 1. The third-order valence-corrected chi connectivity index (χ3v) is 3.41. The third-order valence-electron chi connectivity index (χ3n) is 3.41. The summed E-state index contributed by atoms with van der Waals surface area (Å²) in [5, 5.41) is 11.5. The van der Waals surface area contributed by atoms with Gasteiger partial charge in [0, 0.05) is 13.1 Å². The molecule has 2 N–H and O–H groups in total. The summed E-state index contributed by atoms with van der Waals surface area (Å²) in [5.41, 5.74) is 2.30. The Morgan fingerprint density at radius 1 is 1.14 bits per heavy atom. The molecular weight excluding hydrogens is 272 g/mol. The first-order valence-electron chi connectivity index (χ1n) is 6.55. The van der Waals surface area contributed by atoms with Gasteiger partial charge >= 0.3 is 12.0 Å². The molecule has 2 aromatic rings. The number of nitrogens with one attached hydrogen (secondary N) is 1. The fourth-order valence-corrected chi connectivity index (χ4v) is 2.34. The first kappa shape index (κ1) is 13.2. The van der Waals surface area contributed by atoms with E-state index in [-0.39, 0.29) is 18.3 Å². The lowest BCUT2D eigenvalue weighted by atomic mass is 10.1. The van der Waals surface area contributed by atoms with Gasteiger partial charge in [0.15, 0.2) is 0 Å². The SMILES string of the molecule is O=C(O)c1ccc(CNC(=O)N2Cc3ccccc3C2)o1. The number of furan rings is 1. The number of carboxylic acids is 1. The van der Waals surface area contributed by atoms with E-state index in [0.29, 0.717) is 18.8 Å². The summed E-state index contributed by atoms with van der Waals surface area (Å²) in [6.45, 7) is 1.33. The normalized spacial score (nSPS) is 13.0. The number of urea groups is 1. The molecule has 3 rings (SSSR count).